The van der Waals surface area contributed by atoms with Crippen molar-refractivity contribution in [2.24, 2.45) is 0 Å². The number of carbonyl (C=O) groups is 2. The van der Waals surface area contributed by atoms with Gasteiger partial charge in [0.1, 0.15) is 15.6 Å². The third-order valence-electron chi connectivity index (χ3n) is 4.31. The molecule has 150 valence electrons. The van der Waals surface area contributed by atoms with Crippen molar-refractivity contribution in [2.75, 3.05) is 12.4 Å². The largest absolute Gasteiger partial charge is 0.497 e. The summed E-state index contributed by atoms with van der Waals surface area (Å²) in [5.41, 5.74) is 3.52. The SMILES string of the molecule is COc1ccc(NC(=O)Cc2nc(C)c(C(=O)NCc3ccc(C)cc3)s2)cc1. The number of carbonyl (C=O) groups excluding carboxylic acids is 2. The number of methoxy groups -OCH3 is 1. The minimum atomic E-state index is -0.185. The fourth-order valence-corrected chi connectivity index (χ4v) is 3.70. The molecule has 0 radical (unpaired) electrons. The van der Waals surface area contributed by atoms with Crippen molar-refractivity contribution in [1.29, 1.82) is 0 Å². The van der Waals surface area contributed by atoms with Crippen LogP contribution in [0.2, 0.25) is 0 Å². The van der Waals surface area contributed by atoms with Crippen LogP contribution >= 0.6 is 11.3 Å². The molecule has 0 saturated carbocycles. The van der Waals surface area contributed by atoms with Gasteiger partial charge < -0.3 is 15.4 Å². The van der Waals surface area contributed by atoms with E-state index in [9.17, 15) is 9.59 Å². The Bertz CT molecular complexity index is 995. The lowest BCUT2D eigenvalue weighted by Gasteiger charge is -2.05. The van der Waals surface area contributed by atoms with Crippen LogP contribution in [0.1, 0.15) is 31.5 Å². The second-order valence-electron chi connectivity index (χ2n) is 6.64. The lowest BCUT2D eigenvalue weighted by molar-refractivity contribution is -0.115. The minimum Gasteiger partial charge on any atom is -0.497 e. The number of rotatable bonds is 7. The predicted octanol–water partition coefficient (Wildman–Crippen LogP) is 3.88. The van der Waals surface area contributed by atoms with Gasteiger partial charge in [0.05, 0.1) is 19.2 Å². The van der Waals surface area contributed by atoms with Crippen LogP contribution in [-0.4, -0.2) is 23.9 Å². The Hall–Kier alpha value is -3.19. The van der Waals surface area contributed by atoms with Crippen molar-refractivity contribution in [2.45, 2.75) is 26.8 Å². The van der Waals surface area contributed by atoms with Gasteiger partial charge in [-0.25, -0.2) is 4.98 Å². The topological polar surface area (TPSA) is 80.3 Å². The Morgan fingerprint density at radius 1 is 1.03 bits per heavy atom. The molecule has 2 N–H and O–H groups in total. The first-order chi connectivity index (χ1) is 13.9. The third kappa shape index (κ3) is 5.65. The minimum absolute atomic E-state index is 0.114. The molecule has 0 aliphatic carbocycles. The summed E-state index contributed by atoms with van der Waals surface area (Å²) in [6, 6.07) is 15.1. The van der Waals surface area contributed by atoms with Crippen molar-refractivity contribution in [3.05, 3.63) is 75.2 Å². The Labute approximate surface area is 173 Å². The van der Waals surface area contributed by atoms with Gasteiger partial charge in [-0.05, 0) is 43.7 Å². The summed E-state index contributed by atoms with van der Waals surface area (Å²) < 4.78 is 5.10. The molecule has 0 saturated heterocycles. The maximum absolute atomic E-state index is 12.5. The standard InChI is InChI=1S/C22H23N3O3S/c1-14-4-6-16(7-5-14)13-23-22(27)21-15(2)24-20(29-21)12-19(26)25-17-8-10-18(28-3)11-9-17/h4-11H,12-13H2,1-3H3,(H,23,27)(H,25,26). The number of hydrogen-bond acceptors (Lipinski definition) is 5. The second kappa shape index (κ2) is 9.34. The first-order valence-electron chi connectivity index (χ1n) is 9.18. The van der Waals surface area contributed by atoms with Gasteiger partial charge >= 0.3 is 0 Å². The van der Waals surface area contributed by atoms with Crippen LogP contribution in [0.3, 0.4) is 0 Å². The van der Waals surface area contributed by atoms with Gasteiger partial charge in [-0.15, -0.1) is 11.3 Å². The van der Waals surface area contributed by atoms with Crippen molar-refractivity contribution >= 4 is 28.8 Å². The van der Waals surface area contributed by atoms with Crippen molar-refractivity contribution in [3.8, 4) is 5.75 Å². The molecule has 0 aliphatic rings. The van der Waals surface area contributed by atoms with E-state index < -0.39 is 0 Å². The van der Waals surface area contributed by atoms with Gasteiger partial charge in [-0.3, -0.25) is 9.59 Å². The summed E-state index contributed by atoms with van der Waals surface area (Å²) in [6.45, 7) is 4.25. The maximum atomic E-state index is 12.5. The van der Waals surface area contributed by atoms with Crippen LogP contribution in [-0.2, 0) is 17.8 Å². The predicted molar refractivity (Wildman–Crippen MR) is 115 cm³/mol. The zero-order valence-electron chi connectivity index (χ0n) is 16.6. The normalized spacial score (nSPS) is 10.4. The van der Waals surface area contributed by atoms with Gasteiger partial charge in [0.25, 0.3) is 5.91 Å². The molecule has 29 heavy (non-hydrogen) atoms. The molecular formula is C22H23N3O3S. The molecule has 3 rings (SSSR count). The van der Waals surface area contributed by atoms with Crippen molar-refractivity contribution in [3.63, 3.8) is 0 Å². The fourth-order valence-electron chi connectivity index (χ4n) is 2.72. The zero-order valence-corrected chi connectivity index (χ0v) is 17.4. The monoisotopic (exact) mass is 409 g/mol. The van der Waals surface area contributed by atoms with E-state index in [1.54, 1.807) is 38.3 Å². The molecule has 7 heteroatoms. The lowest BCUT2D eigenvalue weighted by Crippen LogP contribution is -2.22. The van der Waals surface area contributed by atoms with Crippen LogP contribution in [0.4, 0.5) is 5.69 Å². The quantitative estimate of drug-likeness (QED) is 0.621. The van der Waals surface area contributed by atoms with E-state index in [4.69, 9.17) is 4.74 Å². The summed E-state index contributed by atoms with van der Waals surface area (Å²) in [6.07, 6.45) is 0.114. The Balaban J connectivity index is 1.57. The Kier molecular flexibility index (Phi) is 6.61. The molecule has 2 amide bonds. The molecule has 0 unspecified atom stereocenters. The number of nitrogens with zero attached hydrogens (tertiary/aromatic N) is 1. The van der Waals surface area contributed by atoms with Crippen molar-refractivity contribution < 1.29 is 14.3 Å². The molecule has 2 aromatic carbocycles. The van der Waals surface area contributed by atoms with Gasteiger partial charge in [0.15, 0.2) is 0 Å². The van der Waals surface area contributed by atoms with E-state index in [2.05, 4.69) is 15.6 Å². The van der Waals surface area contributed by atoms with E-state index in [1.807, 2.05) is 31.2 Å². The summed E-state index contributed by atoms with van der Waals surface area (Å²) in [7, 11) is 1.59. The molecule has 0 atom stereocenters. The molecule has 1 aromatic heterocycles. The third-order valence-corrected chi connectivity index (χ3v) is 5.46. The highest BCUT2D eigenvalue weighted by Crippen LogP contribution is 2.20. The number of aromatic nitrogens is 1. The van der Waals surface area contributed by atoms with Gasteiger partial charge in [0, 0.05) is 12.2 Å². The van der Waals surface area contributed by atoms with Crippen molar-refractivity contribution in [1.82, 2.24) is 10.3 Å². The van der Waals surface area contributed by atoms with Crippen LogP contribution in [0.5, 0.6) is 5.75 Å². The van der Waals surface area contributed by atoms with Crippen LogP contribution in [0.25, 0.3) is 0 Å². The summed E-state index contributed by atoms with van der Waals surface area (Å²) in [4.78, 5) is 29.7. The average Bonchev–Trinajstić information content (AvgIpc) is 3.07. The first-order valence-corrected chi connectivity index (χ1v) is 10.00. The maximum Gasteiger partial charge on any atom is 0.263 e. The summed E-state index contributed by atoms with van der Waals surface area (Å²) in [5.74, 6) is 0.359. The molecule has 0 aliphatic heterocycles. The van der Waals surface area contributed by atoms with Crippen LogP contribution in [0, 0.1) is 13.8 Å². The number of thiazole rings is 1. The molecule has 0 spiro atoms. The fraction of sp³-hybridized carbons (Fsp3) is 0.227. The lowest BCUT2D eigenvalue weighted by atomic mass is 10.1. The second-order valence-corrected chi connectivity index (χ2v) is 7.73. The Morgan fingerprint density at radius 2 is 1.72 bits per heavy atom. The van der Waals surface area contributed by atoms with Gasteiger partial charge in [-0.1, -0.05) is 29.8 Å². The van der Waals surface area contributed by atoms with Crippen LogP contribution in [0.15, 0.2) is 48.5 Å². The number of ether oxygens (including phenoxy) is 1. The summed E-state index contributed by atoms with van der Waals surface area (Å²) in [5, 5.41) is 6.34. The molecule has 6 nitrogen and oxygen atoms in total. The Morgan fingerprint density at radius 3 is 2.38 bits per heavy atom. The first kappa shape index (κ1) is 20.5. The molecular weight excluding hydrogens is 386 g/mol. The van der Waals surface area contributed by atoms with Gasteiger partial charge in [0.2, 0.25) is 5.91 Å². The number of hydrogen-bond donors (Lipinski definition) is 2. The number of aryl methyl sites for hydroxylation is 2. The molecule has 0 fully saturated rings. The highest BCUT2D eigenvalue weighted by atomic mass is 32.1. The number of benzene rings is 2. The highest BCUT2D eigenvalue weighted by molar-refractivity contribution is 7.13. The zero-order chi connectivity index (χ0) is 20.8. The smallest absolute Gasteiger partial charge is 0.263 e. The van der Waals surface area contributed by atoms with Crippen LogP contribution < -0.4 is 15.4 Å². The molecule has 1 heterocycles. The molecule has 3 aromatic rings. The van der Waals surface area contributed by atoms with Gasteiger partial charge in [-0.2, -0.15) is 0 Å². The van der Waals surface area contributed by atoms with E-state index in [1.165, 1.54) is 16.9 Å². The number of nitrogens with one attached hydrogen (secondary N) is 2. The summed E-state index contributed by atoms with van der Waals surface area (Å²) >= 11 is 1.25. The van der Waals surface area contributed by atoms with E-state index in [0.29, 0.717) is 27.8 Å². The molecule has 0 bridgehead atoms. The van der Waals surface area contributed by atoms with E-state index in [-0.39, 0.29) is 18.2 Å². The average molecular weight is 410 g/mol. The van der Waals surface area contributed by atoms with E-state index in [0.717, 1.165) is 11.3 Å². The highest BCUT2D eigenvalue weighted by Gasteiger charge is 2.17. The van der Waals surface area contributed by atoms with E-state index >= 15 is 0 Å². The number of anilines is 1. The number of amides is 2.